The van der Waals surface area contributed by atoms with Crippen molar-refractivity contribution >= 4 is 17.3 Å². The zero-order valence-corrected chi connectivity index (χ0v) is 17.0. The summed E-state index contributed by atoms with van der Waals surface area (Å²) in [6.45, 7) is 0. The largest absolute Gasteiger partial charge is 0.471 e. The Balaban J connectivity index is 1.61. The van der Waals surface area contributed by atoms with Gasteiger partial charge in [-0.05, 0) is 49.5 Å². The van der Waals surface area contributed by atoms with Crippen molar-refractivity contribution < 1.29 is 22.7 Å². The second-order valence-corrected chi connectivity index (χ2v) is 8.31. The van der Waals surface area contributed by atoms with Crippen LogP contribution in [0.25, 0.3) is 5.57 Å². The normalized spacial score (nSPS) is 22.3. The molecule has 0 saturated carbocycles. The molecule has 2 bridgehead atoms. The first kappa shape index (κ1) is 20.4. The Hall–Kier alpha value is -3.49. The summed E-state index contributed by atoms with van der Waals surface area (Å²) < 4.78 is 45.5. The predicted octanol–water partition coefficient (Wildman–Crippen LogP) is 3.89. The van der Waals surface area contributed by atoms with Crippen molar-refractivity contribution in [1.29, 1.82) is 0 Å². The van der Waals surface area contributed by atoms with E-state index in [1.807, 2.05) is 30.3 Å². The Morgan fingerprint density at radius 1 is 1.03 bits per heavy atom. The number of hydrogen-bond acceptors (Lipinski definition) is 4. The Labute approximate surface area is 182 Å². The third-order valence-corrected chi connectivity index (χ3v) is 6.48. The first-order valence-corrected chi connectivity index (χ1v) is 10.3. The minimum Gasteiger partial charge on any atom is -0.456 e. The highest BCUT2D eigenvalue weighted by Gasteiger charge is 2.51. The van der Waals surface area contributed by atoms with Crippen molar-refractivity contribution in [3.63, 3.8) is 0 Å². The monoisotopic (exact) mass is 442 g/mol. The number of carbonyl (C=O) groups excluding carboxylic acids is 1. The van der Waals surface area contributed by atoms with Crippen LogP contribution in [0.2, 0.25) is 0 Å². The van der Waals surface area contributed by atoms with E-state index in [1.165, 1.54) is 0 Å². The molecular weight excluding hydrogens is 421 g/mol. The Morgan fingerprint density at radius 2 is 1.69 bits per heavy atom. The Kier molecular flexibility index (Phi) is 4.65. The molecule has 4 N–H and O–H groups in total. The minimum absolute atomic E-state index is 0.168. The van der Waals surface area contributed by atoms with E-state index in [9.17, 15) is 18.0 Å². The van der Waals surface area contributed by atoms with Gasteiger partial charge in [0.15, 0.2) is 0 Å². The van der Waals surface area contributed by atoms with E-state index >= 15 is 0 Å². The fourth-order valence-corrected chi connectivity index (χ4v) is 5.15. The number of hydrogen-bond donors (Lipinski definition) is 2. The summed E-state index contributed by atoms with van der Waals surface area (Å²) in [5.41, 5.74) is 10.2. The van der Waals surface area contributed by atoms with E-state index < -0.39 is 24.2 Å². The summed E-state index contributed by atoms with van der Waals surface area (Å²) >= 11 is 0. The third kappa shape index (κ3) is 3.19. The molecule has 0 spiro atoms. The maximum absolute atomic E-state index is 13.1. The lowest BCUT2D eigenvalue weighted by molar-refractivity contribution is -0.189. The first-order chi connectivity index (χ1) is 15.3. The van der Waals surface area contributed by atoms with Crippen molar-refractivity contribution in [1.82, 2.24) is 4.90 Å². The van der Waals surface area contributed by atoms with E-state index in [2.05, 4.69) is 5.10 Å². The number of amides is 1. The summed E-state index contributed by atoms with van der Waals surface area (Å²) in [6, 6.07) is 12.1. The van der Waals surface area contributed by atoms with Crippen LogP contribution in [-0.2, 0) is 4.79 Å². The maximum atomic E-state index is 13.1. The first-order valence-electron chi connectivity index (χ1n) is 10.3. The van der Waals surface area contributed by atoms with E-state index in [0.717, 1.165) is 27.2 Å². The molecular formula is C23H21F3N4O2. The highest BCUT2D eigenvalue weighted by molar-refractivity contribution is 5.99. The van der Waals surface area contributed by atoms with Gasteiger partial charge in [0.25, 0.3) is 0 Å². The summed E-state index contributed by atoms with van der Waals surface area (Å²) in [7, 11) is 0. The van der Waals surface area contributed by atoms with E-state index in [-0.39, 0.29) is 5.84 Å². The van der Waals surface area contributed by atoms with Crippen LogP contribution >= 0.6 is 0 Å². The standard InChI is InChI=1S/C23H21F3N4O2/c24-23(25,26)22(31)30-14-6-7-15(30)10-13(9-14)20-16-3-1-2-4-18(16)32-19-11-12(21(27)29-28)5-8-17(19)20/h1-5,8,11,14-15H,6-7,9-10,28H2,(H2,27,29). The number of hydrazone groups is 1. The van der Waals surface area contributed by atoms with Gasteiger partial charge in [0.1, 0.15) is 17.3 Å². The molecule has 2 aromatic rings. The molecule has 0 radical (unpaired) electrons. The van der Waals surface area contributed by atoms with Crippen LogP contribution in [0.1, 0.15) is 42.4 Å². The van der Waals surface area contributed by atoms with Crippen molar-refractivity contribution in [3.8, 4) is 11.5 Å². The Morgan fingerprint density at radius 3 is 2.34 bits per heavy atom. The van der Waals surface area contributed by atoms with Crippen LogP contribution in [0.5, 0.6) is 11.5 Å². The highest BCUT2D eigenvalue weighted by atomic mass is 19.4. The summed E-state index contributed by atoms with van der Waals surface area (Å²) in [4.78, 5) is 13.1. The van der Waals surface area contributed by atoms with Gasteiger partial charge in [-0.2, -0.15) is 18.3 Å². The quantitative estimate of drug-likeness (QED) is 0.259. The maximum Gasteiger partial charge on any atom is 0.471 e. The molecule has 2 saturated heterocycles. The predicted molar refractivity (Wildman–Crippen MR) is 113 cm³/mol. The van der Waals surface area contributed by atoms with Crippen LogP contribution in [0.3, 0.4) is 0 Å². The van der Waals surface area contributed by atoms with Crippen molar-refractivity contribution in [2.45, 2.75) is 43.9 Å². The summed E-state index contributed by atoms with van der Waals surface area (Å²) in [5, 5.41) is 3.53. The average Bonchev–Trinajstić information content (AvgIpc) is 3.04. The van der Waals surface area contributed by atoms with E-state index in [1.54, 1.807) is 12.1 Å². The molecule has 0 aromatic heterocycles. The van der Waals surface area contributed by atoms with Gasteiger partial charge >= 0.3 is 12.1 Å². The number of ether oxygens (including phenoxy) is 1. The average molecular weight is 442 g/mol. The topological polar surface area (TPSA) is 93.9 Å². The smallest absolute Gasteiger partial charge is 0.456 e. The zero-order chi connectivity index (χ0) is 22.6. The molecule has 3 aliphatic heterocycles. The van der Waals surface area contributed by atoms with Gasteiger partial charge < -0.3 is 21.2 Å². The fraction of sp³-hybridized carbons (Fsp3) is 0.304. The molecule has 3 heterocycles. The Bertz CT molecular complexity index is 1160. The van der Waals surface area contributed by atoms with Crippen LogP contribution < -0.4 is 16.3 Å². The molecule has 2 aromatic carbocycles. The van der Waals surface area contributed by atoms with Gasteiger partial charge in [-0.25, -0.2) is 0 Å². The third-order valence-electron chi connectivity index (χ3n) is 6.48. The molecule has 2 unspecified atom stereocenters. The van der Waals surface area contributed by atoms with Crippen molar-refractivity contribution in [2.75, 3.05) is 0 Å². The SMILES string of the molecule is N/N=C(\N)c1ccc2c(c1)Oc1ccccc1C2=C1CC2CCC(C1)N2C(=O)C(F)(F)F. The molecule has 9 heteroatoms. The minimum atomic E-state index is -4.86. The number of nitrogens with zero attached hydrogens (tertiary/aromatic N) is 2. The molecule has 166 valence electrons. The van der Waals surface area contributed by atoms with Crippen LogP contribution in [0, 0.1) is 0 Å². The van der Waals surface area contributed by atoms with Gasteiger partial charge in [0.05, 0.1) is 0 Å². The van der Waals surface area contributed by atoms with Gasteiger partial charge in [-0.1, -0.05) is 29.8 Å². The number of benzene rings is 2. The zero-order valence-electron chi connectivity index (χ0n) is 17.0. The second-order valence-electron chi connectivity index (χ2n) is 8.31. The molecule has 2 fully saturated rings. The van der Waals surface area contributed by atoms with Crippen molar-refractivity contribution in [3.05, 3.63) is 64.7 Å². The van der Waals surface area contributed by atoms with Gasteiger partial charge in [-0.3, -0.25) is 4.79 Å². The van der Waals surface area contributed by atoms with Gasteiger partial charge in [0, 0.05) is 28.8 Å². The highest BCUT2D eigenvalue weighted by Crippen LogP contribution is 2.50. The molecule has 5 rings (SSSR count). The fourth-order valence-electron chi connectivity index (χ4n) is 5.15. The number of para-hydroxylation sites is 1. The second kappa shape index (κ2) is 7.29. The van der Waals surface area contributed by atoms with Gasteiger partial charge in [-0.15, -0.1) is 0 Å². The molecule has 2 atom stereocenters. The van der Waals surface area contributed by atoms with Gasteiger partial charge in [0.2, 0.25) is 0 Å². The van der Waals surface area contributed by atoms with Crippen LogP contribution in [0.4, 0.5) is 13.2 Å². The van der Waals surface area contributed by atoms with E-state index in [4.69, 9.17) is 16.3 Å². The molecule has 32 heavy (non-hydrogen) atoms. The number of alkyl halides is 3. The lowest BCUT2D eigenvalue weighted by Gasteiger charge is -2.38. The molecule has 1 amide bonds. The number of nitrogens with two attached hydrogens (primary N) is 2. The van der Waals surface area contributed by atoms with Crippen LogP contribution in [-0.4, -0.2) is 34.9 Å². The summed E-state index contributed by atoms with van der Waals surface area (Å²) in [6.07, 6.45) is -2.93. The number of piperidine rings is 1. The molecule has 3 aliphatic rings. The van der Waals surface area contributed by atoms with E-state index in [0.29, 0.717) is 42.7 Å². The number of halogens is 3. The number of carbonyl (C=O) groups is 1. The lowest BCUT2D eigenvalue weighted by atomic mass is 9.83. The van der Waals surface area contributed by atoms with Crippen molar-refractivity contribution in [2.24, 2.45) is 16.7 Å². The number of rotatable bonds is 1. The number of fused-ring (bicyclic) bond motifs is 4. The van der Waals surface area contributed by atoms with Crippen LogP contribution in [0.15, 0.2) is 53.1 Å². The number of amidine groups is 1. The lowest BCUT2D eigenvalue weighted by Crippen LogP contribution is -2.50. The summed E-state index contributed by atoms with van der Waals surface area (Å²) in [5.74, 6) is 4.98. The molecule has 6 nitrogen and oxygen atoms in total. The molecule has 0 aliphatic carbocycles.